The van der Waals surface area contributed by atoms with Crippen LogP contribution in [-0.4, -0.2) is 38.3 Å². The van der Waals surface area contributed by atoms with Crippen LogP contribution in [0.15, 0.2) is 46.0 Å². The molecule has 1 aromatic carbocycles. The zero-order valence-electron chi connectivity index (χ0n) is 13.8. The summed E-state index contributed by atoms with van der Waals surface area (Å²) < 4.78 is 32.1. The van der Waals surface area contributed by atoms with Gasteiger partial charge in [-0.25, -0.2) is 8.42 Å². The number of hydrogen-bond acceptors (Lipinski definition) is 5. The van der Waals surface area contributed by atoms with Crippen molar-refractivity contribution in [2.24, 2.45) is 0 Å². The van der Waals surface area contributed by atoms with Crippen molar-refractivity contribution in [2.75, 3.05) is 13.7 Å². The van der Waals surface area contributed by atoms with Crippen molar-refractivity contribution < 1.29 is 17.9 Å². The molecule has 1 atom stereocenters. The van der Waals surface area contributed by atoms with E-state index in [-0.39, 0.29) is 10.1 Å². The molecule has 1 amide bonds. The van der Waals surface area contributed by atoms with E-state index in [1.165, 1.54) is 15.6 Å². The molecule has 25 heavy (non-hydrogen) atoms. The number of nitrogens with one attached hydrogen (secondary N) is 1. The molecular formula is C17H20N2O4S2. The van der Waals surface area contributed by atoms with Crippen LogP contribution in [0.4, 0.5) is 0 Å². The first-order chi connectivity index (χ1) is 12.0. The number of benzene rings is 1. The molecule has 134 valence electrons. The molecule has 1 saturated heterocycles. The van der Waals surface area contributed by atoms with E-state index in [0.29, 0.717) is 25.9 Å². The molecule has 0 saturated carbocycles. The van der Waals surface area contributed by atoms with E-state index in [4.69, 9.17) is 4.74 Å². The second-order valence-corrected chi connectivity index (χ2v) is 8.84. The molecule has 0 spiro atoms. The number of sulfonamides is 1. The van der Waals surface area contributed by atoms with Crippen molar-refractivity contribution in [3.63, 3.8) is 0 Å². The molecule has 8 heteroatoms. The van der Waals surface area contributed by atoms with Gasteiger partial charge in [0.05, 0.1) is 7.11 Å². The van der Waals surface area contributed by atoms with E-state index in [9.17, 15) is 13.2 Å². The predicted molar refractivity (Wildman–Crippen MR) is 96.1 cm³/mol. The molecular weight excluding hydrogens is 360 g/mol. The summed E-state index contributed by atoms with van der Waals surface area (Å²) in [6, 6.07) is 10.0. The molecule has 1 fully saturated rings. The van der Waals surface area contributed by atoms with Gasteiger partial charge in [-0.3, -0.25) is 4.79 Å². The number of thiophene rings is 1. The van der Waals surface area contributed by atoms with Crippen LogP contribution in [0.5, 0.6) is 5.75 Å². The van der Waals surface area contributed by atoms with Gasteiger partial charge >= 0.3 is 0 Å². The Hall–Kier alpha value is -1.90. The van der Waals surface area contributed by atoms with Crippen molar-refractivity contribution in [2.45, 2.75) is 29.6 Å². The largest absolute Gasteiger partial charge is 0.497 e. The minimum atomic E-state index is -3.61. The third kappa shape index (κ3) is 3.86. The van der Waals surface area contributed by atoms with E-state index in [0.717, 1.165) is 11.3 Å². The summed E-state index contributed by atoms with van der Waals surface area (Å²) in [5.41, 5.74) is 0.930. The summed E-state index contributed by atoms with van der Waals surface area (Å²) in [5.74, 6) is 0.493. The fourth-order valence-corrected chi connectivity index (χ4v) is 5.64. The van der Waals surface area contributed by atoms with Crippen LogP contribution in [0, 0.1) is 0 Å². The molecule has 0 radical (unpaired) electrons. The Balaban J connectivity index is 1.66. The lowest BCUT2D eigenvalue weighted by Crippen LogP contribution is -2.45. The summed E-state index contributed by atoms with van der Waals surface area (Å²) in [7, 11) is -2.01. The molecule has 1 N–H and O–H groups in total. The van der Waals surface area contributed by atoms with Gasteiger partial charge in [0.2, 0.25) is 5.91 Å². The average molecular weight is 380 g/mol. The van der Waals surface area contributed by atoms with E-state index >= 15 is 0 Å². The lowest BCUT2D eigenvalue weighted by molar-refractivity contribution is -0.124. The standard InChI is InChI=1S/C17H20N2O4S2/c1-23-14-8-6-13(7-9-14)12-18-17(20)15-4-2-10-19(15)25(21,22)16-5-3-11-24-16/h3,5-9,11,15H,2,4,10,12H2,1H3,(H,18,20)/t15-/m0/s1. The Morgan fingerprint density at radius 2 is 2.08 bits per heavy atom. The van der Waals surface area contributed by atoms with Gasteiger partial charge in [-0.2, -0.15) is 4.31 Å². The second-order valence-electron chi connectivity index (χ2n) is 5.77. The third-order valence-electron chi connectivity index (χ3n) is 4.19. The van der Waals surface area contributed by atoms with Crippen LogP contribution < -0.4 is 10.1 Å². The maximum atomic E-state index is 12.7. The summed E-state index contributed by atoms with van der Waals surface area (Å²) in [4.78, 5) is 12.5. The molecule has 0 aliphatic carbocycles. The van der Waals surface area contributed by atoms with Crippen molar-refractivity contribution >= 4 is 27.3 Å². The number of nitrogens with zero attached hydrogens (tertiary/aromatic N) is 1. The average Bonchev–Trinajstić information content (AvgIpc) is 3.31. The van der Waals surface area contributed by atoms with Gasteiger partial charge in [0.15, 0.2) is 0 Å². The summed E-state index contributed by atoms with van der Waals surface area (Å²) in [6.07, 6.45) is 1.23. The first kappa shape index (κ1) is 17.9. The molecule has 3 rings (SSSR count). The number of carbonyl (C=O) groups is 1. The monoisotopic (exact) mass is 380 g/mol. The number of hydrogen-bond donors (Lipinski definition) is 1. The molecule has 2 aromatic rings. The number of rotatable bonds is 6. The zero-order valence-corrected chi connectivity index (χ0v) is 15.5. The molecule has 1 aliphatic rings. The Morgan fingerprint density at radius 1 is 1.32 bits per heavy atom. The zero-order chi connectivity index (χ0) is 17.9. The molecule has 1 aliphatic heterocycles. The SMILES string of the molecule is COc1ccc(CNC(=O)[C@@H]2CCCN2S(=O)(=O)c2cccs2)cc1. The Bertz CT molecular complexity index is 817. The van der Waals surface area contributed by atoms with Crippen molar-refractivity contribution in [3.05, 3.63) is 47.3 Å². The minimum absolute atomic E-state index is 0.256. The highest BCUT2D eigenvalue weighted by Crippen LogP contribution is 2.28. The first-order valence-electron chi connectivity index (χ1n) is 7.98. The molecule has 2 heterocycles. The van der Waals surface area contributed by atoms with Gasteiger partial charge < -0.3 is 10.1 Å². The van der Waals surface area contributed by atoms with E-state index in [2.05, 4.69) is 5.32 Å². The lowest BCUT2D eigenvalue weighted by Gasteiger charge is -2.22. The third-order valence-corrected chi connectivity index (χ3v) is 7.47. The maximum Gasteiger partial charge on any atom is 0.253 e. The normalized spacial score (nSPS) is 18.2. The highest BCUT2D eigenvalue weighted by molar-refractivity contribution is 7.91. The van der Waals surface area contributed by atoms with Crippen LogP contribution in [0.1, 0.15) is 18.4 Å². The van der Waals surface area contributed by atoms with Gasteiger partial charge in [0, 0.05) is 13.1 Å². The van der Waals surface area contributed by atoms with Crippen LogP contribution in [-0.2, 0) is 21.4 Å². The summed E-state index contributed by atoms with van der Waals surface area (Å²) in [6.45, 7) is 0.729. The van der Waals surface area contributed by atoms with E-state index < -0.39 is 16.1 Å². The van der Waals surface area contributed by atoms with Crippen molar-refractivity contribution in [3.8, 4) is 5.75 Å². The van der Waals surface area contributed by atoms with Crippen LogP contribution in [0.3, 0.4) is 0 Å². The van der Waals surface area contributed by atoms with Gasteiger partial charge in [-0.15, -0.1) is 11.3 Å². The Morgan fingerprint density at radius 3 is 2.72 bits per heavy atom. The molecule has 0 unspecified atom stereocenters. The first-order valence-corrected chi connectivity index (χ1v) is 10.3. The Kier molecular flexibility index (Phi) is 5.41. The van der Waals surface area contributed by atoms with Gasteiger partial charge in [0.1, 0.15) is 16.0 Å². The topological polar surface area (TPSA) is 75.7 Å². The fourth-order valence-electron chi connectivity index (χ4n) is 2.87. The van der Waals surface area contributed by atoms with Gasteiger partial charge in [-0.05, 0) is 42.0 Å². The summed E-state index contributed by atoms with van der Waals surface area (Å²) in [5, 5.41) is 4.57. The molecule has 6 nitrogen and oxygen atoms in total. The number of ether oxygens (including phenoxy) is 1. The van der Waals surface area contributed by atoms with E-state index in [1.807, 2.05) is 24.3 Å². The highest BCUT2D eigenvalue weighted by Gasteiger charge is 2.39. The van der Waals surface area contributed by atoms with Gasteiger partial charge in [-0.1, -0.05) is 18.2 Å². The minimum Gasteiger partial charge on any atom is -0.497 e. The quantitative estimate of drug-likeness (QED) is 0.834. The van der Waals surface area contributed by atoms with Crippen molar-refractivity contribution in [1.82, 2.24) is 9.62 Å². The van der Waals surface area contributed by atoms with Crippen LogP contribution >= 0.6 is 11.3 Å². The molecule has 1 aromatic heterocycles. The second kappa shape index (κ2) is 7.55. The maximum absolute atomic E-state index is 12.7. The Labute approximate surface area is 151 Å². The van der Waals surface area contributed by atoms with Crippen molar-refractivity contribution in [1.29, 1.82) is 0 Å². The number of carbonyl (C=O) groups excluding carboxylic acids is 1. The smallest absolute Gasteiger partial charge is 0.253 e. The fraction of sp³-hybridized carbons (Fsp3) is 0.353. The van der Waals surface area contributed by atoms with Crippen LogP contribution in [0.25, 0.3) is 0 Å². The number of methoxy groups -OCH3 is 1. The molecule has 0 bridgehead atoms. The lowest BCUT2D eigenvalue weighted by atomic mass is 10.2. The highest BCUT2D eigenvalue weighted by atomic mass is 32.2. The van der Waals surface area contributed by atoms with Gasteiger partial charge in [0.25, 0.3) is 10.0 Å². The van der Waals surface area contributed by atoms with Crippen LogP contribution in [0.2, 0.25) is 0 Å². The number of amides is 1. The predicted octanol–water partition coefficient (Wildman–Crippen LogP) is 2.23. The van der Waals surface area contributed by atoms with E-state index in [1.54, 1.807) is 24.6 Å². The summed E-state index contributed by atoms with van der Waals surface area (Å²) >= 11 is 1.17.